The number of aliphatic hydroxyl groups excluding tert-OH is 1. The molecule has 2 fully saturated rings. The van der Waals surface area contributed by atoms with E-state index in [1.165, 1.54) is 50.9 Å². The number of fused-ring (bicyclic) bond motifs is 16. The Labute approximate surface area is 554 Å². The molecule has 3 aliphatic rings. The normalized spacial score (nSPS) is 20.0. The van der Waals surface area contributed by atoms with Crippen molar-refractivity contribution in [2.45, 2.75) is 69.5 Å². The Morgan fingerprint density at radius 2 is 1.38 bits per heavy atom. The highest BCUT2D eigenvalue weighted by molar-refractivity contribution is 7.15. The van der Waals surface area contributed by atoms with Gasteiger partial charge >= 0.3 is 6.09 Å². The minimum Gasteiger partial charge on any atom is -0.508 e. The molecule has 7 atom stereocenters. The number of nitrogens with one attached hydrogen (secondary N) is 4. The second-order valence-corrected chi connectivity index (χ2v) is 27.6. The molecule has 0 spiro atoms. The lowest BCUT2D eigenvalue weighted by atomic mass is 10.00. The van der Waals surface area contributed by atoms with Crippen LogP contribution in [0.4, 0.5) is 4.79 Å². The molecule has 0 radical (unpaired) electrons. The number of nitrogens with zero attached hydrogens (tertiary/aromatic N) is 9. The van der Waals surface area contributed by atoms with Crippen LogP contribution in [0.1, 0.15) is 117 Å². The number of ether oxygens (including phenoxy) is 2. The van der Waals surface area contributed by atoms with Crippen molar-refractivity contribution in [3.63, 3.8) is 0 Å². The van der Waals surface area contributed by atoms with E-state index in [4.69, 9.17) is 40.9 Å². The van der Waals surface area contributed by atoms with Gasteiger partial charge in [-0.05, 0) is 55.3 Å². The molecular formula is C61H59N15O11S6. The van der Waals surface area contributed by atoms with Gasteiger partial charge in [0.2, 0.25) is 11.8 Å². The van der Waals surface area contributed by atoms with Crippen LogP contribution in [-0.4, -0.2) is 155 Å². The summed E-state index contributed by atoms with van der Waals surface area (Å²) in [7, 11) is 0. The van der Waals surface area contributed by atoms with Crippen LogP contribution in [0.2, 0.25) is 0 Å². The number of primary amides is 2. The second kappa shape index (κ2) is 28.2. The van der Waals surface area contributed by atoms with Gasteiger partial charge < -0.3 is 57.3 Å². The van der Waals surface area contributed by atoms with E-state index in [-0.39, 0.29) is 51.5 Å². The summed E-state index contributed by atoms with van der Waals surface area (Å²) in [6.07, 6.45) is -2.77. The van der Waals surface area contributed by atoms with E-state index in [1.54, 1.807) is 77.2 Å². The molecular weight excluding hydrogens is 1310 g/mol. The maximum absolute atomic E-state index is 15.7. The lowest BCUT2D eigenvalue weighted by Gasteiger charge is -2.29. The Bertz CT molecular complexity index is 4260. The van der Waals surface area contributed by atoms with Crippen molar-refractivity contribution >= 4 is 110 Å². The Hall–Kier alpha value is -8.86. The highest BCUT2D eigenvalue weighted by Gasteiger charge is 2.48. The molecule has 2 saturated heterocycles. The highest BCUT2D eigenvalue weighted by Crippen LogP contribution is 2.44. The molecule has 0 aliphatic carbocycles. The first-order valence-corrected chi connectivity index (χ1v) is 34.5. The number of hydrogen-bond acceptors (Lipinski definition) is 25. The minimum atomic E-state index is -1.43. The summed E-state index contributed by atoms with van der Waals surface area (Å²) in [6.45, 7) is 7.37. The number of rotatable bonds is 13. The lowest BCUT2D eigenvalue weighted by molar-refractivity contribution is -0.134. The third-order valence-corrected chi connectivity index (χ3v) is 21.3. The Balaban J connectivity index is 0.945. The van der Waals surface area contributed by atoms with Crippen LogP contribution in [0.5, 0.6) is 5.75 Å². The fraction of sp³-hybridized carbons (Fsp3) is 0.311. The summed E-state index contributed by atoms with van der Waals surface area (Å²) >= 11 is 6.84. The summed E-state index contributed by atoms with van der Waals surface area (Å²) in [5.41, 5.74) is 14.1. The summed E-state index contributed by atoms with van der Waals surface area (Å²) in [5, 5.41) is 44.0. The van der Waals surface area contributed by atoms with Crippen LogP contribution < -0.4 is 32.7 Å². The van der Waals surface area contributed by atoms with Gasteiger partial charge in [0, 0.05) is 69.3 Å². The van der Waals surface area contributed by atoms with Gasteiger partial charge in [-0.15, -0.1) is 68.0 Å². The molecule has 7 aromatic heterocycles. The smallest absolute Gasteiger partial charge is 0.407 e. The standard InChI is InChI=1S/C61H59N15O11S6/c1-29-43(87-61(85)64-15-6-16-75-17-19-86-20-18-75)23-76-48(29)59-72-42(28-92-59)56-68-38(24-89-56)46-34(13-14-35(65-46)55-69-39(25-90-55)50(63)80)54-70-40(26-88-54)51(81)66-36(22-44(62)78)57-74-45(30(2)93-57)53(83)73-47(49(79)32-7-4-3-5-8-32)58-71-41(27-91-58)52(82)67-37(60(76)84)21-31-9-11-33(77)12-10-31/h3-5,7-14,24-29,36-37,43,47-49,77,79H,6,15-23H2,1-2H3,(H2,62,78)(H2,63,80)(H,64,85)(H,66,81)(H,67,82)(H,73,83)/t29-,36-,37-,43-,47-,48-,49+/m0/s1. The second-order valence-electron chi connectivity index (χ2n) is 22.0. The summed E-state index contributed by atoms with van der Waals surface area (Å²) in [4.78, 5) is 136. The van der Waals surface area contributed by atoms with Crippen molar-refractivity contribution in [2.24, 2.45) is 17.4 Å². The summed E-state index contributed by atoms with van der Waals surface area (Å²) in [6, 6.07) is 13.6. The first-order valence-electron chi connectivity index (χ1n) is 29.2. The van der Waals surface area contributed by atoms with E-state index >= 15 is 4.79 Å². The van der Waals surface area contributed by atoms with Crippen LogP contribution in [0, 0.1) is 12.8 Å². The molecule has 26 nitrogen and oxygen atoms in total. The molecule has 480 valence electrons. The minimum absolute atomic E-state index is 0.0188. The van der Waals surface area contributed by atoms with E-state index < -0.39 is 90.3 Å². The number of aromatic hydroxyl groups is 1. The molecule has 0 saturated carbocycles. The maximum atomic E-state index is 15.7. The predicted octanol–water partition coefficient (Wildman–Crippen LogP) is 6.84. The number of nitrogens with two attached hydrogens (primary N) is 2. The van der Waals surface area contributed by atoms with Crippen molar-refractivity contribution in [1.29, 1.82) is 0 Å². The average molecular weight is 1370 g/mol. The molecule has 32 heteroatoms. The number of morpholine rings is 1. The van der Waals surface area contributed by atoms with Gasteiger partial charge in [0.1, 0.15) is 99.9 Å². The largest absolute Gasteiger partial charge is 0.508 e. The fourth-order valence-electron chi connectivity index (χ4n) is 10.9. The van der Waals surface area contributed by atoms with Crippen LogP contribution >= 0.6 is 68.0 Å². The molecule has 10 bridgehead atoms. The third-order valence-electron chi connectivity index (χ3n) is 15.7. The summed E-state index contributed by atoms with van der Waals surface area (Å²) in [5.74, 6) is -4.85. The van der Waals surface area contributed by atoms with E-state index in [2.05, 4.69) is 41.1 Å². The Morgan fingerprint density at radius 3 is 2.13 bits per heavy atom. The van der Waals surface area contributed by atoms with Crippen LogP contribution in [0.25, 0.3) is 43.4 Å². The number of pyridine rings is 1. The lowest BCUT2D eigenvalue weighted by Crippen LogP contribution is -2.50. The topological polar surface area (TPSA) is 375 Å². The van der Waals surface area contributed by atoms with Crippen LogP contribution in [0.15, 0.2) is 93.6 Å². The molecule has 10 N–H and O–H groups in total. The molecule has 9 aromatic rings. The number of hydrogen-bond donors (Lipinski definition) is 8. The highest BCUT2D eigenvalue weighted by atomic mass is 32.1. The molecule has 10 heterocycles. The molecule has 12 rings (SSSR count). The fourth-order valence-corrected chi connectivity index (χ4v) is 16.3. The number of carbonyl (C=O) groups excluding carboxylic acids is 7. The number of phenols is 1. The number of phenolic OH excluding ortho intramolecular Hbond substituents is 1. The van der Waals surface area contributed by atoms with Gasteiger partial charge in [-0.1, -0.05) is 49.4 Å². The van der Waals surface area contributed by atoms with Crippen LogP contribution in [-0.2, 0) is 25.5 Å². The number of aliphatic hydroxyl groups is 1. The van der Waals surface area contributed by atoms with Crippen LogP contribution in [0.3, 0.4) is 0 Å². The predicted molar refractivity (Wildman–Crippen MR) is 349 cm³/mol. The molecule has 93 heavy (non-hydrogen) atoms. The monoisotopic (exact) mass is 1370 g/mol. The van der Waals surface area contributed by atoms with Crippen molar-refractivity contribution in [1.82, 2.24) is 66.0 Å². The van der Waals surface area contributed by atoms with Gasteiger partial charge in [-0.2, -0.15) is 0 Å². The zero-order valence-corrected chi connectivity index (χ0v) is 54.4. The van der Waals surface area contributed by atoms with Gasteiger partial charge in [0.25, 0.3) is 23.6 Å². The number of aryl methyl sites for hydroxylation is 1. The van der Waals surface area contributed by atoms with Gasteiger partial charge in [0.05, 0.1) is 44.0 Å². The zero-order valence-electron chi connectivity index (χ0n) is 49.5. The van der Waals surface area contributed by atoms with E-state index in [9.17, 15) is 39.0 Å². The maximum Gasteiger partial charge on any atom is 0.407 e. The van der Waals surface area contributed by atoms with Crippen molar-refractivity contribution in [3.05, 3.63) is 147 Å². The number of benzene rings is 2. The Morgan fingerprint density at radius 1 is 0.710 bits per heavy atom. The molecule has 3 aliphatic heterocycles. The first kappa shape index (κ1) is 64.3. The van der Waals surface area contributed by atoms with Gasteiger partial charge in [-0.25, -0.2) is 39.7 Å². The zero-order chi connectivity index (χ0) is 65.0. The third kappa shape index (κ3) is 14.5. The van der Waals surface area contributed by atoms with Crippen molar-refractivity contribution in [3.8, 4) is 49.1 Å². The number of alkyl carbamates (subject to hydrolysis) is 1. The molecule has 2 aromatic carbocycles. The van der Waals surface area contributed by atoms with Gasteiger partial charge in [-0.3, -0.25) is 33.7 Å². The van der Waals surface area contributed by atoms with Crippen molar-refractivity contribution < 1.29 is 53.2 Å². The van der Waals surface area contributed by atoms with E-state index in [0.29, 0.717) is 90.6 Å². The van der Waals surface area contributed by atoms with Crippen molar-refractivity contribution in [2.75, 3.05) is 45.9 Å². The number of amides is 7. The number of aromatic nitrogens is 7. The van der Waals surface area contributed by atoms with E-state index in [1.807, 2.05) is 6.92 Å². The van der Waals surface area contributed by atoms with Gasteiger partial charge in [0.15, 0.2) is 0 Å². The SMILES string of the molecule is Cc1sc2nc1C(=O)N[C@@H]([C@H](O)c1ccccc1)c1nc(cs1)C(=O)N[C@@H](Cc1ccc(O)cc1)C(=O)N1C[C@H](OC(=O)NCCCN3CCOCC3)[C@H](C)[C@H]1c1nc(cs1)-c1nc(cs1)-c1nc(-c3nc(C(N)=O)cs3)ccc1-c1nc(cs1)C(=O)N[C@H]2CC(N)=O. The first-order chi connectivity index (χ1) is 44.9. The number of carbonyl (C=O) groups is 7. The van der Waals surface area contributed by atoms with E-state index in [0.717, 1.165) is 65.0 Å². The molecule has 0 unspecified atom stereocenters. The average Bonchev–Trinajstić information content (AvgIpc) is 1.63. The molecule has 7 amide bonds. The number of thiazole rings is 6. The summed E-state index contributed by atoms with van der Waals surface area (Å²) < 4.78 is 11.6. The quantitative estimate of drug-likeness (QED) is 0.0547. The Kier molecular flexibility index (Phi) is 19.5.